The molecule has 3 rings (SSSR count). The van der Waals surface area contributed by atoms with Crippen molar-refractivity contribution in [3.63, 3.8) is 0 Å². The van der Waals surface area contributed by atoms with Crippen LogP contribution in [0.4, 0.5) is 15.8 Å². The average molecular weight is 243 g/mol. The Kier molecular flexibility index (Phi) is 2.19. The molecule has 0 saturated heterocycles. The lowest BCUT2D eigenvalue weighted by molar-refractivity contribution is -0.110. The van der Waals surface area contributed by atoms with Crippen LogP contribution in [-0.2, 0) is 4.79 Å². The quantitative estimate of drug-likeness (QED) is 0.531. The topological polar surface area (TPSA) is 70.9 Å². The number of amides is 1. The van der Waals surface area contributed by atoms with Gasteiger partial charge < -0.3 is 16.0 Å². The van der Waals surface area contributed by atoms with E-state index in [1.165, 1.54) is 12.1 Å². The van der Waals surface area contributed by atoms with E-state index in [9.17, 15) is 9.18 Å². The standard InChI is InChI=1S/C13H10FN3O/c14-10-5-8-9(4-7-2-1-3-16-7)13(18)17-12(8)6-11(10)15/h1-6,16H,15H2,(H,17,18). The van der Waals surface area contributed by atoms with Gasteiger partial charge in [-0.1, -0.05) is 0 Å². The Balaban J connectivity index is 2.15. The van der Waals surface area contributed by atoms with Crippen LogP contribution in [0, 0.1) is 5.82 Å². The summed E-state index contributed by atoms with van der Waals surface area (Å²) in [6, 6.07) is 6.35. The lowest BCUT2D eigenvalue weighted by Crippen LogP contribution is -2.03. The third-order valence-electron chi connectivity index (χ3n) is 2.84. The second-order valence-corrected chi connectivity index (χ2v) is 4.06. The summed E-state index contributed by atoms with van der Waals surface area (Å²) < 4.78 is 13.5. The molecule has 2 aromatic rings. The number of nitrogens with two attached hydrogens (primary N) is 1. The summed E-state index contributed by atoms with van der Waals surface area (Å²) in [5.74, 6) is -0.785. The summed E-state index contributed by atoms with van der Waals surface area (Å²) in [6.07, 6.45) is 3.43. The molecule has 0 saturated carbocycles. The molecular formula is C13H10FN3O. The fourth-order valence-electron chi connectivity index (χ4n) is 1.96. The number of H-pyrrole nitrogens is 1. The molecule has 1 amide bonds. The molecule has 4 N–H and O–H groups in total. The highest BCUT2D eigenvalue weighted by Gasteiger charge is 2.25. The van der Waals surface area contributed by atoms with E-state index in [1.54, 1.807) is 12.3 Å². The minimum absolute atomic E-state index is 0.0233. The van der Waals surface area contributed by atoms with Crippen molar-refractivity contribution in [2.45, 2.75) is 0 Å². The zero-order valence-corrected chi connectivity index (χ0v) is 9.33. The van der Waals surface area contributed by atoms with Crippen LogP contribution < -0.4 is 11.1 Å². The van der Waals surface area contributed by atoms with E-state index in [1.807, 2.05) is 12.1 Å². The highest BCUT2D eigenvalue weighted by molar-refractivity contribution is 6.35. The second-order valence-electron chi connectivity index (χ2n) is 4.06. The maximum Gasteiger partial charge on any atom is 0.256 e. The molecule has 1 aliphatic heterocycles. The number of aromatic amines is 1. The molecule has 1 aromatic carbocycles. The molecule has 0 atom stereocenters. The summed E-state index contributed by atoms with van der Waals surface area (Å²) in [6.45, 7) is 0. The van der Waals surface area contributed by atoms with Gasteiger partial charge in [0.25, 0.3) is 5.91 Å². The van der Waals surface area contributed by atoms with E-state index >= 15 is 0 Å². The van der Waals surface area contributed by atoms with Gasteiger partial charge in [-0.25, -0.2) is 4.39 Å². The minimum atomic E-state index is -0.525. The Labute approximate surface area is 102 Å². The molecule has 5 heteroatoms. The molecule has 0 unspecified atom stereocenters. The van der Waals surface area contributed by atoms with E-state index in [0.29, 0.717) is 16.8 Å². The first-order valence-corrected chi connectivity index (χ1v) is 5.41. The number of carbonyl (C=O) groups excluding carboxylic acids is 1. The van der Waals surface area contributed by atoms with Crippen LogP contribution in [0.5, 0.6) is 0 Å². The molecule has 1 aliphatic rings. The highest BCUT2D eigenvalue weighted by atomic mass is 19.1. The number of anilines is 2. The molecule has 1 aromatic heterocycles. The van der Waals surface area contributed by atoms with E-state index in [4.69, 9.17) is 5.73 Å². The van der Waals surface area contributed by atoms with Gasteiger partial charge in [-0.15, -0.1) is 0 Å². The van der Waals surface area contributed by atoms with Gasteiger partial charge in [-0.3, -0.25) is 4.79 Å². The third-order valence-corrected chi connectivity index (χ3v) is 2.84. The van der Waals surface area contributed by atoms with Crippen molar-refractivity contribution in [1.29, 1.82) is 0 Å². The Hall–Kier alpha value is -2.56. The molecule has 0 aliphatic carbocycles. The first-order valence-electron chi connectivity index (χ1n) is 5.41. The Morgan fingerprint density at radius 2 is 2.17 bits per heavy atom. The van der Waals surface area contributed by atoms with Gasteiger partial charge in [0, 0.05) is 17.5 Å². The van der Waals surface area contributed by atoms with E-state index < -0.39 is 5.82 Å². The number of rotatable bonds is 1. The van der Waals surface area contributed by atoms with Crippen LogP contribution in [0.3, 0.4) is 0 Å². The number of nitrogen functional groups attached to an aromatic ring is 1. The number of nitrogens with one attached hydrogen (secondary N) is 2. The summed E-state index contributed by atoms with van der Waals surface area (Å²) in [5, 5.41) is 2.66. The van der Waals surface area contributed by atoms with Gasteiger partial charge in [0.15, 0.2) is 0 Å². The van der Waals surface area contributed by atoms with E-state index in [2.05, 4.69) is 10.3 Å². The van der Waals surface area contributed by atoms with Crippen LogP contribution in [0.1, 0.15) is 11.3 Å². The van der Waals surface area contributed by atoms with Crippen molar-refractivity contribution in [3.05, 3.63) is 47.5 Å². The van der Waals surface area contributed by atoms with Gasteiger partial charge in [-0.05, 0) is 30.3 Å². The van der Waals surface area contributed by atoms with E-state index in [0.717, 1.165) is 5.69 Å². The molecule has 4 nitrogen and oxygen atoms in total. The fraction of sp³-hybridized carbons (Fsp3) is 0. The summed E-state index contributed by atoms with van der Waals surface area (Å²) in [5.41, 5.74) is 7.76. The molecular weight excluding hydrogens is 233 g/mol. The van der Waals surface area contributed by atoms with Gasteiger partial charge >= 0.3 is 0 Å². The molecule has 0 radical (unpaired) electrons. The smallest absolute Gasteiger partial charge is 0.256 e. The Morgan fingerprint density at radius 1 is 1.33 bits per heavy atom. The molecule has 90 valence electrons. The van der Waals surface area contributed by atoms with Crippen molar-refractivity contribution in [2.75, 3.05) is 11.1 Å². The lowest BCUT2D eigenvalue weighted by atomic mass is 10.1. The molecule has 0 spiro atoms. The number of fused-ring (bicyclic) bond motifs is 1. The monoisotopic (exact) mass is 243 g/mol. The predicted octanol–water partition coefficient (Wildman–Crippen LogP) is 2.23. The summed E-state index contributed by atoms with van der Waals surface area (Å²) in [7, 11) is 0. The number of carbonyl (C=O) groups is 1. The van der Waals surface area contributed by atoms with Crippen LogP contribution >= 0.6 is 0 Å². The van der Waals surface area contributed by atoms with Crippen molar-refractivity contribution in [1.82, 2.24) is 4.98 Å². The minimum Gasteiger partial charge on any atom is -0.396 e. The number of hydrogen-bond acceptors (Lipinski definition) is 2. The lowest BCUT2D eigenvalue weighted by Gasteiger charge is -2.01. The predicted molar refractivity (Wildman–Crippen MR) is 68.1 cm³/mol. The number of aromatic nitrogens is 1. The normalized spacial score (nSPS) is 15.8. The number of benzene rings is 1. The molecule has 0 fully saturated rings. The highest BCUT2D eigenvalue weighted by Crippen LogP contribution is 2.35. The van der Waals surface area contributed by atoms with Gasteiger partial charge in [0.2, 0.25) is 0 Å². The van der Waals surface area contributed by atoms with Crippen LogP contribution in [0.25, 0.3) is 11.6 Å². The first-order chi connectivity index (χ1) is 8.65. The van der Waals surface area contributed by atoms with Gasteiger partial charge in [0.1, 0.15) is 5.82 Å². The van der Waals surface area contributed by atoms with Crippen LogP contribution in [0.2, 0.25) is 0 Å². The van der Waals surface area contributed by atoms with Crippen molar-refractivity contribution in [2.24, 2.45) is 0 Å². The van der Waals surface area contributed by atoms with Crippen molar-refractivity contribution < 1.29 is 9.18 Å². The molecule has 0 bridgehead atoms. The van der Waals surface area contributed by atoms with Crippen LogP contribution in [-0.4, -0.2) is 10.9 Å². The maximum absolute atomic E-state index is 13.5. The molecule has 18 heavy (non-hydrogen) atoms. The summed E-state index contributed by atoms with van der Waals surface area (Å²) >= 11 is 0. The Morgan fingerprint density at radius 3 is 2.89 bits per heavy atom. The largest absolute Gasteiger partial charge is 0.396 e. The fourth-order valence-corrected chi connectivity index (χ4v) is 1.96. The van der Waals surface area contributed by atoms with Crippen molar-refractivity contribution >= 4 is 28.9 Å². The molecule has 2 heterocycles. The first kappa shape index (κ1) is 10.6. The summed E-state index contributed by atoms with van der Waals surface area (Å²) in [4.78, 5) is 14.8. The van der Waals surface area contributed by atoms with Gasteiger partial charge in [0.05, 0.1) is 16.9 Å². The maximum atomic E-state index is 13.5. The zero-order chi connectivity index (χ0) is 12.7. The number of halogens is 1. The van der Waals surface area contributed by atoms with E-state index in [-0.39, 0.29) is 11.6 Å². The third kappa shape index (κ3) is 1.57. The SMILES string of the molecule is Nc1cc2c(cc1F)C(=Cc1ccc[nH]1)C(=O)N2. The van der Waals surface area contributed by atoms with Gasteiger partial charge in [-0.2, -0.15) is 0 Å². The zero-order valence-electron chi connectivity index (χ0n) is 9.33. The van der Waals surface area contributed by atoms with Crippen molar-refractivity contribution in [3.8, 4) is 0 Å². The Bertz CT molecular complexity index is 659. The van der Waals surface area contributed by atoms with Crippen LogP contribution in [0.15, 0.2) is 30.5 Å². The second kappa shape index (κ2) is 3.73. The number of hydrogen-bond donors (Lipinski definition) is 3. The average Bonchev–Trinajstić information content (AvgIpc) is 2.92.